The van der Waals surface area contributed by atoms with Crippen molar-refractivity contribution in [2.24, 2.45) is 0 Å². The van der Waals surface area contributed by atoms with E-state index in [9.17, 15) is 9.18 Å². The first-order valence-electron chi connectivity index (χ1n) is 6.43. The third-order valence-electron chi connectivity index (χ3n) is 3.16. The van der Waals surface area contributed by atoms with Crippen LogP contribution in [0.3, 0.4) is 0 Å². The van der Waals surface area contributed by atoms with E-state index >= 15 is 0 Å². The Bertz CT molecular complexity index is 645. The summed E-state index contributed by atoms with van der Waals surface area (Å²) in [5, 5.41) is 8.94. The number of ether oxygens (including phenoxy) is 1. The molecule has 20 heavy (non-hydrogen) atoms. The summed E-state index contributed by atoms with van der Waals surface area (Å²) >= 11 is 0. The lowest BCUT2D eigenvalue weighted by Crippen LogP contribution is -1.98. The second kappa shape index (κ2) is 4.96. The zero-order valence-electron chi connectivity index (χ0n) is 10.7. The molecule has 1 aliphatic carbocycles. The summed E-state index contributed by atoms with van der Waals surface area (Å²) in [6.45, 7) is 0. The Hall–Kier alpha value is -2.36. The summed E-state index contributed by atoms with van der Waals surface area (Å²) in [4.78, 5) is 10.9. The molecule has 3 nitrogen and oxygen atoms in total. The largest absolute Gasteiger partial charge is 0.490 e. The molecule has 102 valence electrons. The van der Waals surface area contributed by atoms with Gasteiger partial charge in [-0.05, 0) is 54.3 Å². The van der Waals surface area contributed by atoms with Crippen LogP contribution in [-0.4, -0.2) is 17.2 Å². The minimum Gasteiger partial charge on any atom is -0.490 e. The van der Waals surface area contributed by atoms with Gasteiger partial charge in [-0.1, -0.05) is 12.1 Å². The normalized spacial score (nSPS) is 14.1. The predicted octanol–water partition coefficient (Wildman–Crippen LogP) is 3.73. The maximum atomic E-state index is 13.4. The lowest BCUT2D eigenvalue weighted by Gasteiger charge is -2.07. The zero-order chi connectivity index (χ0) is 14.1. The molecule has 2 aromatic rings. The molecule has 1 aliphatic rings. The molecule has 1 saturated carbocycles. The summed E-state index contributed by atoms with van der Waals surface area (Å²) in [5.74, 6) is -0.913. The van der Waals surface area contributed by atoms with Gasteiger partial charge in [0, 0.05) is 0 Å². The van der Waals surface area contributed by atoms with Gasteiger partial charge >= 0.3 is 5.97 Å². The summed E-state index contributed by atoms with van der Waals surface area (Å²) in [7, 11) is 0. The Balaban J connectivity index is 1.89. The van der Waals surface area contributed by atoms with Crippen LogP contribution >= 0.6 is 0 Å². The number of carboxylic acid groups (broad SMARTS) is 1. The Morgan fingerprint density at radius 2 is 1.80 bits per heavy atom. The third kappa shape index (κ3) is 2.79. The van der Waals surface area contributed by atoms with Gasteiger partial charge < -0.3 is 9.84 Å². The maximum Gasteiger partial charge on any atom is 0.335 e. The predicted molar refractivity (Wildman–Crippen MR) is 72.4 cm³/mol. The van der Waals surface area contributed by atoms with E-state index < -0.39 is 11.8 Å². The first-order valence-corrected chi connectivity index (χ1v) is 6.43. The van der Waals surface area contributed by atoms with Crippen LogP contribution in [0.15, 0.2) is 42.5 Å². The number of hydrogen-bond acceptors (Lipinski definition) is 2. The second-order valence-electron chi connectivity index (χ2n) is 4.88. The van der Waals surface area contributed by atoms with Crippen molar-refractivity contribution in [1.82, 2.24) is 0 Å². The summed E-state index contributed by atoms with van der Waals surface area (Å²) < 4.78 is 19.1. The molecule has 0 aromatic heterocycles. The summed E-state index contributed by atoms with van der Waals surface area (Å²) in [5.41, 5.74) is 1.24. The standard InChI is InChI=1S/C16H13FO3/c17-13-8-11(7-12(9-13)16(18)19)10-1-3-14(4-2-10)20-15-5-6-15/h1-4,7-9,15H,5-6H2,(H,18,19). The number of rotatable bonds is 4. The quantitative estimate of drug-likeness (QED) is 0.922. The van der Waals surface area contributed by atoms with Crippen LogP contribution in [0.25, 0.3) is 11.1 Å². The molecule has 1 fully saturated rings. The highest BCUT2D eigenvalue weighted by Gasteiger charge is 2.23. The summed E-state index contributed by atoms with van der Waals surface area (Å²) in [6, 6.07) is 11.0. The monoisotopic (exact) mass is 272 g/mol. The average molecular weight is 272 g/mol. The Morgan fingerprint density at radius 1 is 1.10 bits per heavy atom. The Morgan fingerprint density at radius 3 is 2.40 bits per heavy atom. The molecule has 2 aromatic carbocycles. The fraction of sp³-hybridized carbons (Fsp3) is 0.188. The lowest BCUT2D eigenvalue weighted by molar-refractivity contribution is 0.0696. The van der Waals surface area contributed by atoms with Crippen LogP contribution in [0.4, 0.5) is 4.39 Å². The third-order valence-corrected chi connectivity index (χ3v) is 3.16. The van der Waals surface area contributed by atoms with Crippen molar-refractivity contribution >= 4 is 5.97 Å². The van der Waals surface area contributed by atoms with Gasteiger partial charge in [-0.3, -0.25) is 0 Å². The molecule has 0 unspecified atom stereocenters. The topological polar surface area (TPSA) is 46.5 Å². The highest BCUT2D eigenvalue weighted by Crippen LogP contribution is 2.29. The molecule has 0 bridgehead atoms. The molecule has 4 heteroatoms. The molecule has 1 N–H and O–H groups in total. The SMILES string of the molecule is O=C(O)c1cc(F)cc(-c2ccc(OC3CC3)cc2)c1. The van der Waals surface area contributed by atoms with Gasteiger partial charge in [0.25, 0.3) is 0 Å². The Labute approximate surface area is 115 Å². The van der Waals surface area contributed by atoms with Crippen LogP contribution in [0.1, 0.15) is 23.2 Å². The van der Waals surface area contributed by atoms with E-state index in [0.29, 0.717) is 11.7 Å². The van der Waals surface area contributed by atoms with Crippen molar-refractivity contribution < 1.29 is 19.0 Å². The van der Waals surface area contributed by atoms with Gasteiger partial charge in [0.1, 0.15) is 11.6 Å². The van der Waals surface area contributed by atoms with Crippen LogP contribution in [-0.2, 0) is 0 Å². The number of hydrogen-bond donors (Lipinski definition) is 1. The van der Waals surface area contributed by atoms with Crippen LogP contribution < -0.4 is 4.74 Å². The molecular formula is C16H13FO3. The molecule has 0 atom stereocenters. The average Bonchev–Trinajstić information content (AvgIpc) is 3.23. The Kier molecular flexibility index (Phi) is 3.14. The van der Waals surface area contributed by atoms with Gasteiger partial charge in [-0.2, -0.15) is 0 Å². The van der Waals surface area contributed by atoms with Crippen LogP contribution in [0.5, 0.6) is 5.75 Å². The molecule has 3 rings (SSSR count). The second-order valence-corrected chi connectivity index (χ2v) is 4.88. The lowest BCUT2D eigenvalue weighted by atomic mass is 10.0. The van der Waals surface area contributed by atoms with Crippen molar-refractivity contribution in [3.63, 3.8) is 0 Å². The van der Waals surface area contributed by atoms with E-state index in [0.717, 1.165) is 30.2 Å². The van der Waals surface area contributed by atoms with Gasteiger partial charge in [0.2, 0.25) is 0 Å². The van der Waals surface area contributed by atoms with E-state index in [-0.39, 0.29) is 5.56 Å². The van der Waals surface area contributed by atoms with Crippen LogP contribution in [0, 0.1) is 5.82 Å². The minimum absolute atomic E-state index is 0.0571. The highest BCUT2D eigenvalue weighted by molar-refractivity contribution is 5.89. The van der Waals surface area contributed by atoms with Gasteiger partial charge in [0.05, 0.1) is 11.7 Å². The van der Waals surface area contributed by atoms with Crippen molar-refractivity contribution in [3.05, 3.63) is 53.8 Å². The van der Waals surface area contributed by atoms with E-state index in [4.69, 9.17) is 9.84 Å². The minimum atomic E-state index is -1.14. The molecule has 0 heterocycles. The smallest absolute Gasteiger partial charge is 0.335 e. The molecular weight excluding hydrogens is 259 g/mol. The number of aromatic carboxylic acids is 1. The maximum absolute atomic E-state index is 13.4. The molecule has 0 amide bonds. The van der Waals surface area contributed by atoms with Gasteiger partial charge in [-0.15, -0.1) is 0 Å². The molecule has 0 radical (unpaired) electrons. The number of benzene rings is 2. The first-order chi connectivity index (χ1) is 9.61. The summed E-state index contributed by atoms with van der Waals surface area (Å²) in [6.07, 6.45) is 2.51. The van der Waals surface area contributed by atoms with Gasteiger partial charge in [0.15, 0.2) is 0 Å². The van der Waals surface area contributed by atoms with Crippen molar-refractivity contribution in [2.75, 3.05) is 0 Å². The van der Waals surface area contributed by atoms with Crippen LogP contribution in [0.2, 0.25) is 0 Å². The van der Waals surface area contributed by atoms with Crippen molar-refractivity contribution in [3.8, 4) is 16.9 Å². The van der Waals surface area contributed by atoms with E-state index in [2.05, 4.69) is 0 Å². The first kappa shape index (κ1) is 12.7. The number of halogens is 1. The van der Waals surface area contributed by atoms with Crippen molar-refractivity contribution in [1.29, 1.82) is 0 Å². The van der Waals surface area contributed by atoms with E-state index in [1.807, 2.05) is 12.1 Å². The molecule has 0 spiro atoms. The molecule has 0 aliphatic heterocycles. The van der Waals surface area contributed by atoms with Crippen molar-refractivity contribution in [2.45, 2.75) is 18.9 Å². The molecule has 0 saturated heterocycles. The van der Waals surface area contributed by atoms with E-state index in [1.54, 1.807) is 12.1 Å². The van der Waals surface area contributed by atoms with E-state index in [1.165, 1.54) is 12.1 Å². The number of carbonyl (C=O) groups is 1. The van der Waals surface area contributed by atoms with Gasteiger partial charge in [-0.25, -0.2) is 9.18 Å². The fourth-order valence-corrected chi connectivity index (χ4v) is 1.98. The zero-order valence-corrected chi connectivity index (χ0v) is 10.7. The fourth-order valence-electron chi connectivity index (χ4n) is 1.98. The highest BCUT2D eigenvalue weighted by atomic mass is 19.1. The number of carboxylic acids is 1.